The van der Waals surface area contributed by atoms with E-state index in [4.69, 9.17) is 5.11 Å². The van der Waals surface area contributed by atoms with Crippen molar-refractivity contribution in [3.8, 4) is 0 Å². The van der Waals surface area contributed by atoms with Gasteiger partial charge >= 0.3 is 5.97 Å². The maximum atomic E-state index is 10.7. The smallest absolute Gasteiger partial charge is 0.326 e. The van der Waals surface area contributed by atoms with Crippen LogP contribution in [0.2, 0.25) is 0 Å². The lowest BCUT2D eigenvalue weighted by atomic mass is 10.2. The lowest BCUT2D eigenvalue weighted by Gasteiger charge is -2.10. The van der Waals surface area contributed by atoms with Crippen molar-refractivity contribution < 1.29 is 14.7 Å². The molecule has 1 heterocycles. The fourth-order valence-corrected chi connectivity index (χ4v) is 2.39. The standard InChI is InChI=1S/C12H16N2O3S/c15-9-14-11(12(16)17)4-7-18-6-3-10-2-1-5-13-8-10/h1-2,5,8-9,11H,3-4,6-7H2,(H,14,15)(H,16,17). The predicted molar refractivity (Wildman–Crippen MR) is 70.5 cm³/mol. The Morgan fingerprint density at radius 1 is 1.56 bits per heavy atom. The van der Waals surface area contributed by atoms with Gasteiger partial charge in [-0.05, 0) is 36.0 Å². The second kappa shape index (κ2) is 8.52. The largest absolute Gasteiger partial charge is 0.480 e. The fraction of sp³-hybridized carbons (Fsp3) is 0.417. The van der Waals surface area contributed by atoms with E-state index < -0.39 is 12.0 Å². The summed E-state index contributed by atoms with van der Waals surface area (Å²) in [5, 5.41) is 11.1. The molecule has 1 unspecified atom stereocenters. The van der Waals surface area contributed by atoms with Crippen molar-refractivity contribution in [3.63, 3.8) is 0 Å². The molecule has 0 aliphatic rings. The van der Waals surface area contributed by atoms with E-state index in [1.165, 1.54) is 5.56 Å². The number of carbonyl (C=O) groups is 2. The highest BCUT2D eigenvalue weighted by Gasteiger charge is 2.15. The van der Waals surface area contributed by atoms with E-state index in [0.29, 0.717) is 18.6 Å². The first-order valence-corrected chi connectivity index (χ1v) is 6.78. The Bertz CT molecular complexity index is 373. The molecule has 0 spiro atoms. The Balaban J connectivity index is 2.14. The number of carbonyl (C=O) groups excluding carboxylic acids is 1. The van der Waals surface area contributed by atoms with Crippen LogP contribution in [0.3, 0.4) is 0 Å². The molecule has 6 heteroatoms. The number of nitrogens with zero attached hydrogens (tertiary/aromatic N) is 1. The molecule has 1 atom stereocenters. The van der Waals surface area contributed by atoms with Gasteiger partial charge in [0, 0.05) is 12.4 Å². The van der Waals surface area contributed by atoms with Crippen molar-refractivity contribution in [3.05, 3.63) is 30.1 Å². The number of amides is 1. The van der Waals surface area contributed by atoms with Gasteiger partial charge in [0.15, 0.2) is 0 Å². The van der Waals surface area contributed by atoms with Crippen molar-refractivity contribution in [2.75, 3.05) is 11.5 Å². The summed E-state index contributed by atoms with van der Waals surface area (Å²) in [6.45, 7) is 0. The van der Waals surface area contributed by atoms with E-state index in [-0.39, 0.29) is 0 Å². The number of thioether (sulfide) groups is 1. The molecule has 0 bridgehead atoms. The van der Waals surface area contributed by atoms with Crippen LogP contribution in [0, 0.1) is 0 Å². The third-order valence-electron chi connectivity index (χ3n) is 2.38. The molecular weight excluding hydrogens is 252 g/mol. The number of aromatic nitrogens is 1. The number of aliphatic carboxylic acids is 1. The number of rotatable bonds is 9. The van der Waals surface area contributed by atoms with Crippen LogP contribution < -0.4 is 5.32 Å². The van der Waals surface area contributed by atoms with Crippen molar-refractivity contribution in [2.45, 2.75) is 18.9 Å². The maximum Gasteiger partial charge on any atom is 0.326 e. The second-order valence-electron chi connectivity index (χ2n) is 3.69. The summed E-state index contributed by atoms with van der Waals surface area (Å²) in [6.07, 6.45) is 5.34. The molecule has 1 aromatic rings. The van der Waals surface area contributed by atoms with E-state index in [9.17, 15) is 9.59 Å². The number of carboxylic acids is 1. The Morgan fingerprint density at radius 3 is 3.00 bits per heavy atom. The summed E-state index contributed by atoms with van der Waals surface area (Å²) in [6, 6.07) is 3.13. The Morgan fingerprint density at radius 2 is 2.39 bits per heavy atom. The monoisotopic (exact) mass is 268 g/mol. The third kappa shape index (κ3) is 5.67. The average Bonchev–Trinajstić information content (AvgIpc) is 2.38. The minimum atomic E-state index is -0.991. The molecule has 0 saturated heterocycles. The third-order valence-corrected chi connectivity index (χ3v) is 3.39. The van der Waals surface area contributed by atoms with Gasteiger partial charge in [-0.15, -0.1) is 0 Å². The summed E-state index contributed by atoms with van der Waals surface area (Å²) in [7, 11) is 0. The highest BCUT2D eigenvalue weighted by Crippen LogP contribution is 2.08. The van der Waals surface area contributed by atoms with Gasteiger partial charge < -0.3 is 10.4 Å². The summed E-state index contributed by atoms with van der Waals surface area (Å²) in [5.41, 5.74) is 1.17. The van der Waals surface area contributed by atoms with Gasteiger partial charge in [0.05, 0.1) is 0 Å². The van der Waals surface area contributed by atoms with Crippen LogP contribution in [-0.4, -0.2) is 40.0 Å². The molecule has 1 aromatic heterocycles. The van der Waals surface area contributed by atoms with Gasteiger partial charge in [-0.1, -0.05) is 6.07 Å². The molecule has 1 rings (SSSR count). The number of carboxylic acid groups (broad SMARTS) is 1. The summed E-state index contributed by atoms with van der Waals surface area (Å²) in [5.74, 6) is 0.631. The first kappa shape index (κ1) is 14.5. The van der Waals surface area contributed by atoms with Crippen LogP contribution in [0.25, 0.3) is 0 Å². The minimum absolute atomic E-state index is 0.430. The van der Waals surface area contributed by atoms with Crippen molar-refractivity contribution >= 4 is 24.1 Å². The van der Waals surface area contributed by atoms with Gasteiger partial charge in [0.2, 0.25) is 6.41 Å². The number of pyridine rings is 1. The number of nitrogens with one attached hydrogen (secondary N) is 1. The normalized spacial score (nSPS) is 11.8. The van der Waals surface area contributed by atoms with E-state index in [1.54, 1.807) is 18.0 Å². The van der Waals surface area contributed by atoms with Gasteiger partial charge in [-0.3, -0.25) is 9.78 Å². The molecule has 0 aliphatic heterocycles. The number of hydrogen-bond donors (Lipinski definition) is 2. The highest BCUT2D eigenvalue weighted by atomic mass is 32.2. The molecule has 0 saturated carbocycles. The van der Waals surface area contributed by atoms with Gasteiger partial charge in [0.25, 0.3) is 0 Å². The van der Waals surface area contributed by atoms with Gasteiger partial charge in [0.1, 0.15) is 6.04 Å². The zero-order valence-corrected chi connectivity index (χ0v) is 10.7. The van der Waals surface area contributed by atoms with E-state index >= 15 is 0 Å². The topological polar surface area (TPSA) is 79.3 Å². The molecule has 0 aromatic carbocycles. The van der Waals surface area contributed by atoms with Gasteiger partial charge in [-0.2, -0.15) is 11.8 Å². The second-order valence-corrected chi connectivity index (χ2v) is 4.91. The van der Waals surface area contributed by atoms with Crippen molar-refractivity contribution in [2.24, 2.45) is 0 Å². The highest BCUT2D eigenvalue weighted by molar-refractivity contribution is 7.99. The average molecular weight is 268 g/mol. The molecule has 1 amide bonds. The quantitative estimate of drug-likeness (QED) is 0.515. The fourth-order valence-electron chi connectivity index (χ4n) is 1.40. The molecule has 0 radical (unpaired) electrons. The lowest BCUT2D eigenvalue weighted by molar-refractivity contribution is -0.140. The zero-order valence-electron chi connectivity index (χ0n) is 9.91. The number of aryl methyl sites for hydroxylation is 1. The molecule has 5 nitrogen and oxygen atoms in total. The van der Waals surface area contributed by atoms with Crippen LogP contribution in [0.5, 0.6) is 0 Å². The predicted octanol–water partition coefficient (Wildman–Crippen LogP) is 0.947. The molecule has 2 N–H and O–H groups in total. The molecule has 98 valence electrons. The molecule has 0 aliphatic carbocycles. The van der Waals surface area contributed by atoms with Crippen LogP contribution in [0.4, 0.5) is 0 Å². The van der Waals surface area contributed by atoms with Crippen LogP contribution >= 0.6 is 11.8 Å². The van der Waals surface area contributed by atoms with E-state index in [1.807, 2.05) is 18.3 Å². The maximum absolute atomic E-state index is 10.7. The summed E-state index contributed by atoms with van der Waals surface area (Å²) < 4.78 is 0. The van der Waals surface area contributed by atoms with E-state index in [0.717, 1.165) is 12.2 Å². The lowest BCUT2D eigenvalue weighted by Crippen LogP contribution is -2.36. The van der Waals surface area contributed by atoms with E-state index in [2.05, 4.69) is 10.3 Å². The summed E-state index contributed by atoms with van der Waals surface area (Å²) >= 11 is 1.67. The minimum Gasteiger partial charge on any atom is -0.480 e. The van der Waals surface area contributed by atoms with Crippen molar-refractivity contribution in [1.82, 2.24) is 10.3 Å². The molecular formula is C12H16N2O3S. The summed E-state index contributed by atoms with van der Waals surface area (Å²) in [4.78, 5) is 25.0. The Labute approximate surface area is 110 Å². The van der Waals surface area contributed by atoms with Crippen molar-refractivity contribution in [1.29, 1.82) is 0 Å². The molecule has 0 fully saturated rings. The first-order chi connectivity index (χ1) is 8.74. The molecule has 18 heavy (non-hydrogen) atoms. The zero-order chi connectivity index (χ0) is 13.2. The van der Waals surface area contributed by atoms with Crippen LogP contribution in [-0.2, 0) is 16.0 Å². The SMILES string of the molecule is O=CNC(CCSCCc1cccnc1)C(=O)O. The Kier molecular flexibility index (Phi) is 6.86. The van der Waals surface area contributed by atoms with Crippen LogP contribution in [0.1, 0.15) is 12.0 Å². The van der Waals surface area contributed by atoms with Gasteiger partial charge in [-0.25, -0.2) is 4.79 Å². The first-order valence-electron chi connectivity index (χ1n) is 5.63. The Hall–Kier alpha value is -1.56. The number of hydrogen-bond acceptors (Lipinski definition) is 4. The van der Waals surface area contributed by atoms with Crippen LogP contribution in [0.15, 0.2) is 24.5 Å².